The first-order valence-electron chi connectivity index (χ1n) is 8.11. The van der Waals surface area contributed by atoms with Crippen molar-refractivity contribution in [1.29, 1.82) is 0 Å². The fraction of sp³-hybridized carbons (Fsp3) is 0.278. The molecule has 0 saturated heterocycles. The quantitative estimate of drug-likeness (QED) is 0.835. The van der Waals surface area contributed by atoms with Crippen molar-refractivity contribution < 1.29 is 31.1 Å². The molecule has 0 unspecified atom stereocenters. The molecule has 1 fully saturated rings. The monoisotopic (exact) mass is 399 g/mol. The molecule has 0 spiro atoms. The van der Waals surface area contributed by atoms with E-state index >= 15 is 0 Å². The predicted octanol–water partition coefficient (Wildman–Crippen LogP) is 3.51. The van der Waals surface area contributed by atoms with Crippen molar-refractivity contribution in [1.82, 2.24) is 4.72 Å². The van der Waals surface area contributed by atoms with Crippen LogP contribution in [0.1, 0.15) is 24.8 Å². The van der Waals surface area contributed by atoms with Crippen LogP contribution in [0, 0.1) is 0 Å². The third kappa shape index (κ3) is 4.08. The maximum Gasteiger partial charge on any atom is 0.573 e. The second-order valence-electron chi connectivity index (χ2n) is 6.26. The summed E-state index contributed by atoms with van der Waals surface area (Å²) in [4.78, 5) is 12.7. The molecule has 0 atom stereocenters. The van der Waals surface area contributed by atoms with E-state index in [1.807, 2.05) is 0 Å². The minimum absolute atomic E-state index is 0.0676. The van der Waals surface area contributed by atoms with Gasteiger partial charge in [0.05, 0.1) is 10.3 Å². The minimum Gasteiger partial charge on any atom is -0.406 e. The highest BCUT2D eigenvalue weighted by Gasteiger charge is 2.47. The normalized spacial score (nSPS) is 16.3. The highest BCUT2D eigenvalue weighted by molar-refractivity contribution is 7.90. The Balaban J connectivity index is 1.88. The van der Waals surface area contributed by atoms with Crippen LogP contribution in [0.15, 0.2) is 59.5 Å². The molecule has 3 rings (SSSR count). The van der Waals surface area contributed by atoms with Gasteiger partial charge >= 0.3 is 6.36 Å². The van der Waals surface area contributed by atoms with Gasteiger partial charge in [0, 0.05) is 0 Å². The number of rotatable bonds is 5. The number of halogens is 3. The zero-order valence-electron chi connectivity index (χ0n) is 14.0. The third-order valence-corrected chi connectivity index (χ3v) is 5.89. The van der Waals surface area contributed by atoms with Crippen LogP contribution >= 0.6 is 0 Å². The summed E-state index contributed by atoms with van der Waals surface area (Å²) in [6, 6.07) is 12.5. The Bertz CT molecular complexity index is 939. The number of hydrogen-bond donors (Lipinski definition) is 1. The molecule has 27 heavy (non-hydrogen) atoms. The average molecular weight is 399 g/mol. The lowest BCUT2D eigenvalue weighted by Gasteiger charge is -2.40. The topological polar surface area (TPSA) is 72.5 Å². The van der Waals surface area contributed by atoms with Crippen molar-refractivity contribution in [3.63, 3.8) is 0 Å². The molecule has 1 aliphatic rings. The van der Waals surface area contributed by atoms with Crippen LogP contribution in [-0.4, -0.2) is 20.7 Å². The van der Waals surface area contributed by atoms with E-state index in [2.05, 4.69) is 9.46 Å². The SMILES string of the molecule is O=C(NS(=O)(=O)c1ccccc1)C1(c2cccc(OC(F)(F)F)c2)CCC1. The molecule has 1 saturated carbocycles. The Morgan fingerprint density at radius 2 is 1.70 bits per heavy atom. The lowest BCUT2D eigenvalue weighted by atomic mass is 9.64. The van der Waals surface area contributed by atoms with Crippen LogP contribution in [0.3, 0.4) is 0 Å². The Morgan fingerprint density at radius 1 is 1.04 bits per heavy atom. The van der Waals surface area contributed by atoms with Gasteiger partial charge in [-0.2, -0.15) is 0 Å². The molecular formula is C18H16F3NO4S. The van der Waals surface area contributed by atoms with E-state index in [4.69, 9.17) is 0 Å². The van der Waals surface area contributed by atoms with E-state index < -0.39 is 33.5 Å². The van der Waals surface area contributed by atoms with Crippen molar-refractivity contribution >= 4 is 15.9 Å². The summed E-state index contributed by atoms with van der Waals surface area (Å²) >= 11 is 0. The molecule has 2 aromatic rings. The van der Waals surface area contributed by atoms with E-state index in [1.54, 1.807) is 6.07 Å². The van der Waals surface area contributed by atoms with Crippen LogP contribution in [0.5, 0.6) is 5.75 Å². The summed E-state index contributed by atoms with van der Waals surface area (Å²) in [5, 5.41) is 0. The molecule has 0 radical (unpaired) electrons. The molecular weight excluding hydrogens is 383 g/mol. The van der Waals surface area contributed by atoms with Crippen molar-refractivity contribution in [3.8, 4) is 5.75 Å². The van der Waals surface area contributed by atoms with Gasteiger partial charge in [-0.25, -0.2) is 13.1 Å². The molecule has 9 heteroatoms. The van der Waals surface area contributed by atoms with Crippen LogP contribution in [-0.2, 0) is 20.2 Å². The zero-order chi connectivity index (χ0) is 19.7. The summed E-state index contributed by atoms with van der Waals surface area (Å²) in [6.07, 6.45) is -3.54. The number of amides is 1. The molecule has 0 heterocycles. The summed E-state index contributed by atoms with van der Waals surface area (Å²) in [5.74, 6) is -1.22. The Kier molecular flexibility index (Phi) is 4.90. The largest absolute Gasteiger partial charge is 0.573 e. The Morgan fingerprint density at radius 3 is 2.26 bits per heavy atom. The van der Waals surface area contributed by atoms with Gasteiger partial charge in [0.25, 0.3) is 10.0 Å². The van der Waals surface area contributed by atoms with Crippen molar-refractivity contribution in [3.05, 3.63) is 60.2 Å². The Labute approximate surface area is 154 Å². The number of sulfonamides is 1. The fourth-order valence-electron chi connectivity index (χ4n) is 3.05. The summed E-state index contributed by atoms with van der Waals surface area (Å²) in [5.41, 5.74) is -0.913. The number of benzene rings is 2. The average Bonchev–Trinajstić information content (AvgIpc) is 2.53. The zero-order valence-corrected chi connectivity index (χ0v) is 14.8. The Hall–Kier alpha value is -2.55. The summed E-state index contributed by atoms with van der Waals surface area (Å²) < 4.78 is 68.1. The lowest BCUT2D eigenvalue weighted by Crippen LogP contribution is -2.50. The van der Waals surface area contributed by atoms with Crippen molar-refractivity contribution in [2.45, 2.75) is 35.9 Å². The maximum absolute atomic E-state index is 12.8. The second-order valence-corrected chi connectivity index (χ2v) is 7.94. The van der Waals surface area contributed by atoms with E-state index in [1.165, 1.54) is 36.4 Å². The van der Waals surface area contributed by atoms with Gasteiger partial charge in [-0.3, -0.25) is 4.79 Å². The van der Waals surface area contributed by atoms with E-state index in [9.17, 15) is 26.4 Å². The molecule has 2 aromatic carbocycles. The number of nitrogens with one attached hydrogen (secondary N) is 1. The highest BCUT2D eigenvalue weighted by atomic mass is 32.2. The minimum atomic E-state index is -4.86. The lowest BCUT2D eigenvalue weighted by molar-refractivity contribution is -0.274. The first-order valence-corrected chi connectivity index (χ1v) is 9.59. The fourth-order valence-corrected chi connectivity index (χ4v) is 4.12. The van der Waals surface area contributed by atoms with Gasteiger partial charge in [-0.05, 0) is 42.7 Å². The second kappa shape index (κ2) is 6.88. The van der Waals surface area contributed by atoms with Gasteiger partial charge in [-0.15, -0.1) is 13.2 Å². The smallest absolute Gasteiger partial charge is 0.406 e. The number of carbonyl (C=O) groups excluding carboxylic acids is 1. The maximum atomic E-state index is 12.8. The summed E-state index contributed by atoms with van der Waals surface area (Å²) in [7, 11) is -4.08. The first-order chi connectivity index (χ1) is 12.6. The standard InChI is InChI=1S/C18H16F3NO4S/c19-18(20,21)26-14-7-4-6-13(12-14)17(10-5-11-17)16(23)22-27(24,25)15-8-2-1-3-9-15/h1-4,6-9,12H,5,10-11H2,(H,22,23). The molecule has 1 amide bonds. The van der Waals surface area contributed by atoms with E-state index in [-0.39, 0.29) is 10.5 Å². The molecule has 1 aliphatic carbocycles. The first kappa shape index (κ1) is 19.2. The molecule has 1 N–H and O–H groups in total. The number of hydrogen-bond acceptors (Lipinski definition) is 4. The van der Waals surface area contributed by atoms with Gasteiger partial charge in [-0.1, -0.05) is 36.8 Å². The van der Waals surface area contributed by atoms with Crippen LogP contribution in [0.25, 0.3) is 0 Å². The van der Waals surface area contributed by atoms with E-state index in [0.717, 1.165) is 12.1 Å². The van der Waals surface area contributed by atoms with Crippen LogP contribution < -0.4 is 9.46 Å². The third-order valence-electron chi connectivity index (χ3n) is 4.54. The van der Waals surface area contributed by atoms with Gasteiger partial charge < -0.3 is 4.74 Å². The number of ether oxygens (including phenoxy) is 1. The predicted molar refractivity (Wildman–Crippen MR) is 90.4 cm³/mol. The van der Waals surface area contributed by atoms with Crippen molar-refractivity contribution in [2.24, 2.45) is 0 Å². The van der Waals surface area contributed by atoms with Crippen LogP contribution in [0.2, 0.25) is 0 Å². The molecule has 5 nitrogen and oxygen atoms in total. The highest BCUT2D eigenvalue weighted by Crippen LogP contribution is 2.45. The molecule has 0 aromatic heterocycles. The molecule has 144 valence electrons. The van der Waals surface area contributed by atoms with Crippen LogP contribution in [0.4, 0.5) is 13.2 Å². The van der Waals surface area contributed by atoms with Gasteiger partial charge in [0.15, 0.2) is 0 Å². The van der Waals surface area contributed by atoms with Crippen molar-refractivity contribution in [2.75, 3.05) is 0 Å². The van der Waals surface area contributed by atoms with Gasteiger partial charge in [0.2, 0.25) is 5.91 Å². The summed E-state index contributed by atoms with van der Waals surface area (Å²) in [6.45, 7) is 0. The van der Waals surface area contributed by atoms with Gasteiger partial charge in [0.1, 0.15) is 5.75 Å². The van der Waals surface area contributed by atoms with E-state index in [0.29, 0.717) is 19.3 Å². The molecule has 0 aliphatic heterocycles. The number of alkyl halides is 3. The molecule has 0 bridgehead atoms. The number of carbonyl (C=O) groups is 1.